The Bertz CT molecular complexity index is 624. The first kappa shape index (κ1) is 13.4. The molecule has 0 fully saturated rings. The number of terminal acetylenes is 1. The van der Waals surface area contributed by atoms with E-state index in [1.54, 1.807) is 30.3 Å². The molecule has 2 rings (SSSR count). The van der Waals surface area contributed by atoms with Crippen LogP contribution in [0.5, 0.6) is 5.75 Å². The molecular weight excluding hydrogens is 304 g/mol. The van der Waals surface area contributed by atoms with Crippen LogP contribution in [0.2, 0.25) is 0 Å². The van der Waals surface area contributed by atoms with Gasteiger partial charge in [-0.25, -0.2) is 0 Å². The largest absolute Gasteiger partial charge is 0.485 e. The molecule has 0 radical (unpaired) electrons. The number of ketones is 1. The number of ether oxygens (including phenoxy) is 1. The first-order valence-electron chi connectivity index (χ1n) is 5.67. The minimum absolute atomic E-state index is 0.00431. The number of Topliss-reactive ketones (excluding diaryl/α,β-unsaturated/α-hetero) is 1. The van der Waals surface area contributed by atoms with Crippen molar-refractivity contribution in [1.82, 2.24) is 0 Å². The molecule has 0 saturated heterocycles. The summed E-state index contributed by atoms with van der Waals surface area (Å²) in [6.07, 6.45) is 5.30. The predicted octanol–water partition coefficient (Wildman–Crippen LogP) is 3.69. The molecule has 0 aromatic heterocycles. The summed E-state index contributed by atoms with van der Waals surface area (Å²) in [5.74, 6) is 3.05. The lowest BCUT2D eigenvalue weighted by Crippen LogP contribution is -2.11. The van der Waals surface area contributed by atoms with E-state index in [-0.39, 0.29) is 12.4 Å². The normalized spacial score (nSPS) is 9.68. The van der Waals surface area contributed by atoms with Crippen LogP contribution in [-0.2, 0) is 0 Å². The fourth-order valence-electron chi connectivity index (χ4n) is 1.54. The molecule has 0 heterocycles. The summed E-state index contributed by atoms with van der Waals surface area (Å²) >= 11 is 3.32. The van der Waals surface area contributed by atoms with Gasteiger partial charge < -0.3 is 4.74 Å². The summed E-state index contributed by atoms with van der Waals surface area (Å²) in [6, 6.07) is 14.3. The van der Waals surface area contributed by atoms with Gasteiger partial charge in [0.15, 0.2) is 12.4 Å². The van der Waals surface area contributed by atoms with Crippen LogP contribution in [0.1, 0.15) is 15.9 Å². The monoisotopic (exact) mass is 314 g/mol. The van der Waals surface area contributed by atoms with Crippen molar-refractivity contribution in [2.24, 2.45) is 0 Å². The molecule has 2 aromatic rings. The van der Waals surface area contributed by atoms with Crippen LogP contribution in [0, 0.1) is 12.3 Å². The van der Waals surface area contributed by atoms with E-state index in [1.807, 2.05) is 18.2 Å². The van der Waals surface area contributed by atoms with Gasteiger partial charge in [0.05, 0.1) is 0 Å². The first-order chi connectivity index (χ1) is 9.19. The van der Waals surface area contributed by atoms with Gasteiger partial charge in [0, 0.05) is 15.6 Å². The number of carbonyl (C=O) groups is 1. The molecule has 0 bridgehead atoms. The topological polar surface area (TPSA) is 26.3 Å². The standard InChI is InChI=1S/C16H11BrO2/c1-2-12-4-3-5-15(10-12)19-11-16(18)13-6-8-14(17)9-7-13/h1,3-10H,11H2. The molecule has 0 unspecified atom stereocenters. The average Bonchev–Trinajstić information content (AvgIpc) is 2.46. The fourth-order valence-corrected chi connectivity index (χ4v) is 1.81. The highest BCUT2D eigenvalue weighted by Gasteiger charge is 2.06. The molecule has 0 saturated carbocycles. The molecule has 3 heteroatoms. The van der Waals surface area contributed by atoms with Gasteiger partial charge in [-0.3, -0.25) is 4.79 Å². The van der Waals surface area contributed by atoms with Crippen molar-refractivity contribution in [2.45, 2.75) is 0 Å². The molecular formula is C16H11BrO2. The molecule has 0 aliphatic heterocycles. The molecule has 0 N–H and O–H groups in total. The highest BCUT2D eigenvalue weighted by atomic mass is 79.9. The highest BCUT2D eigenvalue weighted by Crippen LogP contribution is 2.14. The summed E-state index contributed by atoms with van der Waals surface area (Å²) in [5.41, 5.74) is 1.35. The van der Waals surface area contributed by atoms with Gasteiger partial charge in [0.1, 0.15) is 5.75 Å². The van der Waals surface area contributed by atoms with Crippen LogP contribution in [0.4, 0.5) is 0 Å². The molecule has 0 aliphatic carbocycles. The van der Waals surface area contributed by atoms with Crippen molar-refractivity contribution in [3.05, 3.63) is 64.1 Å². The Morgan fingerprint density at radius 3 is 2.63 bits per heavy atom. The van der Waals surface area contributed by atoms with Crippen LogP contribution < -0.4 is 4.74 Å². The Morgan fingerprint density at radius 2 is 1.95 bits per heavy atom. The third-order valence-corrected chi connectivity index (χ3v) is 3.07. The number of benzene rings is 2. The molecule has 0 amide bonds. The van der Waals surface area contributed by atoms with E-state index >= 15 is 0 Å². The minimum Gasteiger partial charge on any atom is -0.485 e. The molecule has 2 aromatic carbocycles. The number of hydrogen-bond acceptors (Lipinski definition) is 2. The summed E-state index contributed by atoms with van der Waals surface area (Å²) in [7, 11) is 0. The van der Waals surface area contributed by atoms with Gasteiger partial charge in [-0.05, 0) is 30.3 Å². The first-order valence-corrected chi connectivity index (χ1v) is 6.46. The molecule has 0 spiro atoms. The van der Waals surface area contributed by atoms with Gasteiger partial charge >= 0.3 is 0 Å². The summed E-state index contributed by atoms with van der Waals surface area (Å²) < 4.78 is 6.37. The van der Waals surface area contributed by atoms with Crippen molar-refractivity contribution >= 4 is 21.7 Å². The minimum atomic E-state index is -0.0707. The van der Waals surface area contributed by atoms with Crippen molar-refractivity contribution in [3.63, 3.8) is 0 Å². The zero-order valence-corrected chi connectivity index (χ0v) is 11.7. The zero-order chi connectivity index (χ0) is 13.7. The van der Waals surface area contributed by atoms with Gasteiger partial charge in [-0.1, -0.05) is 40.0 Å². The van der Waals surface area contributed by atoms with Crippen LogP contribution in [0.15, 0.2) is 53.0 Å². The Balaban J connectivity index is 2.00. The summed E-state index contributed by atoms with van der Waals surface area (Å²) in [5, 5.41) is 0. The number of hydrogen-bond donors (Lipinski definition) is 0. The van der Waals surface area contributed by atoms with Gasteiger partial charge in [0.25, 0.3) is 0 Å². The van der Waals surface area contributed by atoms with Crippen molar-refractivity contribution < 1.29 is 9.53 Å². The maximum absolute atomic E-state index is 11.9. The Morgan fingerprint density at radius 1 is 1.21 bits per heavy atom. The number of rotatable bonds is 4. The smallest absolute Gasteiger partial charge is 0.200 e. The second-order valence-electron chi connectivity index (χ2n) is 3.89. The lowest BCUT2D eigenvalue weighted by Gasteiger charge is -2.06. The highest BCUT2D eigenvalue weighted by molar-refractivity contribution is 9.10. The van der Waals surface area contributed by atoms with Gasteiger partial charge in [-0.2, -0.15) is 0 Å². The Hall–Kier alpha value is -2.05. The Labute approximate surface area is 120 Å². The van der Waals surface area contributed by atoms with Crippen molar-refractivity contribution in [2.75, 3.05) is 6.61 Å². The molecule has 0 atom stereocenters. The van der Waals surface area contributed by atoms with Crippen molar-refractivity contribution in [1.29, 1.82) is 0 Å². The number of carbonyl (C=O) groups excluding carboxylic acids is 1. The van der Waals surface area contributed by atoms with Crippen LogP contribution in [-0.4, -0.2) is 12.4 Å². The third-order valence-electron chi connectivity index (χ3n) is 2.54. The maximum atomic E-state index is 11.9. The predicted molar refractivity (Wildman–Crippen MR) is 78.3 cm³/mol. The second-order valence-corrected chi connectivity index (χ2v) is 4.81. The summed E-state index contributed by atoms with van der Waals surface area (Å²) in [6.45, 7) is -0.00431. The van der Waals surface area contributed by atoms with E-state index in [4.69, 9.17) is 11.2 Å². The molecule has 19 heavy (non-hydrogen) atoms. The van der Waals surface area contributed by atoms with Crippen molar-refractivity contribution in [3.8, 4) is 18.1 Å². The zero-order valence-electron chi connectivity index (χ0n) is 10.1. The van der Waals surface area contributed by atoms with Crippen LogP contribution in [0.25, 0.3) is 0 Å². The second kappa shape index (κ2) is 6.21. The van der Waals surface area contributed by atoms with E-state index in [1.165, 1.54) is 0 Å². The van der Waals surface area contributed by atoms with E-state index in [0.29, 0.717) is 11.3 Å². The van der Waals surface area contributed by atoms with E-state index < -0.39 is 0 Å². The SMILES string of the molecule is C#Cc1cccc(OCC(=O)c2ccc(Br)cc2)c1. The lowest BCUT2D eigenvalue weighted by atomic mass is 10.1. The quantitative estimate of drug-likeness (QED) is 0.635. The average molecular weight is 315 g/mol. The fraction of sp³-hybridized carbons (Fsp3) is 0.0625. The molecule has 2 nitrogen and oxygen atoms in total. The third kappa shape index (κ3) is 3.70. The van der Waals surface area contributed by atoms with Gasteiger partial charge in [-0.15, -0.1) is 6.42 Å². The van der Waals surface area contributed by atoms with Crippen LogP contribution >= 0.6 is 15.9 Å². The van der Waals surface area contributed by atoms with E-state index in [0.717, 1.165) is 10.0 Å². The molecule has 94 valence electrons. The maximum Gasteiger partial charge on any atom is 0.200 e. The van der Waals surface area contributed by atoms with E-state index in [2.05, 4.69) is 21.9 Å². The van der Waals surface area contributed by atoms with Crippen LogP contribution in [0.3, 0.4) is 0 Å². The van der Waals surface area contributed by atoms with E-state index in [9.17, 15) is 4.79 Å². The lowest BCUT2D eigenvalue weighted by molar-refractivity contribution is 0.0921. The number of halogens is 1. The summed E-state index contributed by atoms with van der Waals surface area (Å²) in [4.78, 5) is 11.9. The molecule has 0 aliphatic rings. The Kier molecular flexibility index (Phi) is 4.38. The van der Waals surface area contributed by atoms with Gasteiger partial charge in [0.2, 0.25) is 0 Å².